The Kier molecular flexibility index (Phi) is 36.7. The second kappa shape index (κ2) is 36.6. The van der Waals surface area contributed by atoms with E-state index in [0.717, 1.165) is 13.2 Å². The topological polar surface area (TPSA) is 18.5 Å². The third-order valence-electron chi connectivity index (χ3n) is 9.64. The van der Waals surface area contributed by atoms with Gasteiger partial charge in [0.25, 0.3) is 0 Å². The first-order valence-corrected chi connectivity index (χ1v) is 22.8. The van der Waals surface area contributed by atoms with Crippen LogP contribution in [0.25, 0.3) is 0 Å². The van der Waals surface area contributed by atoms with Crippen molar-refractivity contribution in [3.05, 3.63) is 0 Å². The molecule has 0 aromatic rings. The van der Waals surface area contributed by atoms with Crippen LogP contribution in [0.15, 0.2) is 0 Å². The Morgan fingerprint density at radius 1 is 0.256 bits per heavy atom. The molecule has 0 heterocycles. The van der Waals surface area contributed by atoms with Crippen LogP contribution in [-0.4, -0.2) is 21.8 Å². The maximum absolute atomic E-state index is 6.43. The third kappa shape index (κ3) is 31.9. The number of hydrogen-bond donors (Lipinski definition) is 0. The summed E-state index contributed by atoms with van der Waals surface area (Å²) in [6.45, 7) is 10.6. The molecule has 43 heavy (non-hydrogen) atoms. The van der Waals surface area contributed by atoms with Crippen LogP contribution in [0.2, 0.25) is 12.1 Å². The van der Waals surface area contributed by atoms with Crippen LogP contribution >= 0.6 is 0 Å². The van der Waals surface area contributed by atoms with Gasteiger partial charge in [0.15, 0.2) is 0 Å². The maximum Gasteiger partial charge on any atom is 0.338 e. The Bertz CT molecular complexity index is 491. The molecule has 0 amide bonds. The first kappa shape index (κ1) is 43.1. The summed E-state index contributed by atoms with van der Waals surface area (Å²) < 4.78 is 12.9. The first-order valence-electron chi connectivity index (χ1n) is 20.5. The molecular weight excluding hydrogens is 541 g/mol. The highest BCUT2D eigenvalue weighted by Crippen LogP contribution is 2.27. The summed E-state index contributed by atoms with van der Waals surface area (Å²) in [4.78, 5) is 0. The van der Waals surface area contributed by atoms with Crippen LogP contribution in [0.3, 0.4) is 0 Å². The van der Waals surface area contributed by atoms with Crippen LogP contribution in [0.1, 0.15) is 233 Å². The van der Waals surface area contributed by atoms with Gasteiger partial charge in [-0.25, -0.2) is 0 Å². The normalized spacial score (nSPS) is 12.0. The lowest BCUT2D eigenvalue weighted by Crippen LogP contribution is -2.42. The highest BCUT2D eigenvalue weighted by atomic mass is 28.4. The van der Waals surface area contributed by atoms with E-state index in [2.05, 4.69) is 27.7 Å². The van der Waals surface area contributed by atoms with Gasteiger partial charge < -0.3 is 8.85 Å². The smallest absolute Gasteiger partial charge is 0.338 e. The van der Waals surface area contributed by atoms with Crippen LogP contribution in [-0.2, 0) is 8.85 Å². The summed E-state index contributed by atoms with van der Waals surface area (Å²) in [5, 5.41) is 0. The fourth-order valence-electron chi connectivity index (χ4n) is 6.87. The number of rotatable bonds is 38. The van der Waals surface area contributed by atoms with E-state index < -0.39 is 8.56 Å². The second-order valence-corrected chi connectivity index (χ2v) is 17.3. The quantitative estimate of drug-likeness (QED) is 0.0502. The van der Waals surface area contributed by atoms with E-state index >= 15 is 0 Å². The largest absolute Gasteiger partial charge is 0.394 e. The van der Waals surface area contributed by atoms with Gasteiger partial charge in [0.2, 0.25) is 0 Å². The molecule has 0 unspecified atom stereocenters. The molecular formula is C40H84O2Si. The lowest BCUT2D eigenvalue weighted by atomic mass is 10.0. The van der Waals surface area contributed by atoms with Gasteiger partial charge in [-0.1, -0.05) is 219 Å². The van der Waals surface area contributed by atoms with E-state index in [4.69, 9.17) is 8.85 Å². The Hall–Kier alpha value is 0.137. The molecule has 0 saturated carbocycles. The molecule has 0 saturated heterocycles. The molecule has 2 nitrogen and oxygen atoms in total. The van der Waals surface area contributed by atoms with Crippen LogP contribution in [0.5, 0.6) is 0 Å². The predicted octanol–water partition coefficient (Wildman–Crippen LogP) is 15.0. The summed E-state index contributed by atoms with van der Waals surface area (Å²) in [7, 11) is -2.01. The van der Waals surface area contributed by atoms with Crippen molar-refractivity contribution >= 4 is 8.56 Å². The van der Waals surface area contributed by atoms with Crippen molar-refractivity contribution in [1.82, 2.24) is 0 Å². The Labute approximate surface area is 275 Å². The molecule has 0 aliphatic rings. The lowest BCUT2D eigenvalue weighted by molar-refractivity contribution is 0.180. The fourth-order valence-corrected chi connectivity index (χ4v) is 10.4. The lowest BCUT2D eigenvalue weighted by Gasteiger charge is -2.30. The summed E-state index contributed by atoms with van der Waals surface area (Å²) in [5.41, 5.74) is 0. The summed E-state index contributed by atoms with van der Waals surface area (Å²) in [6.07, 6.45) is 45.8. The van der Waals surface area contributed by atoms with Gasteiger partial charge in [0, 0.05) is 13.2 Å². The second-order valence-electron chi connectivity index (χ2n) is 13.9. The van der Waals surface area contributed by atoms with Crippen molar-refractivity contribution in [3.8, 4) is 0 Å². The van der Waals surface area contributed by atoms with Crippen molar-refractivity contribution in [3.63, 3.8) is 0 Å². The molecule has 0 aromatic carbocycles. The average Bonchev–Trinajstić information content (AvgIpc) is 3.01. The van der Waals surface area contributed by atoms with Crippen LogP contribution in [0.4, 0.5) is 0 Å². The van der Waals surface area contributed by atoms with Gasteiger partial charge in [-0.05, 0) is 25.9 Å². The summed E-state index contributed by atoms with van der Waals surface area (Å²) in [5.74, 6) is 0. The zero-order valence-electron chi connectivity index (χ0n) is 30.8. The van der Waals surface area contributed by atoms with E-state index in [0.29, 0.717) is 0 Å². The van der Waals surface area contributed by atoms with Gasteiger partial charge >= 0.3 is 8.56 Å². The van der Waals surface area contributed by atoms with E-state index in [-0.39, 0.29) is 0 Å². The molecule has 0 N–H and O–H groups in total. The third-order valence-corrected chi connectivity index (χ3v) is 13.5. The molecule has 3 heteroatoms. The van der Waals surface area contributed by atoms with Gasteiger partial charge in [0.05, 0.1) is 0 Å². The Balaban J connectivity index is 3.72. The molecule has 260 valence electrons. The van der Waals surface area contributed by atoms with Crippen molar-refractivity contribution < 1.29 is 8.85 Å². The summed E-state index contributed by atoms with van der Waals surface area (Å²) in [6, 6.07) is 2.43. The van der Waals surface area contributed by atoms with Gasteiger partial charge in [-0.3, -0.25) is 0 Å². The van der Waals surface area contributed by atoms with Crippen LogP contribution in [0, 0.1) is 0 Å². The predicted molar refractivity (Wildman–Crippen MR) is 198 cm³/mol. The minimum Gasteiger partial charge on any atom is -0.394 e. The van der Waals surface area contributed by atoms with E-state index in [1.807, 2.05) is 0 Å². The van der Waals surface area contributed by atoms with Crippen molar-refractivity contribution in [2.45, 2.75) is 245 Å². The Morgan fingerprint density at radius 2 is 0.442 bits per heavy atom. The molecule has 0 aromatic heterocycles. The summed E-state index contributed by atoms with van der Waals surface area (Å²) >= 11 is 0. The van der Waals surface area contributed by atoms with E-state index in [9.17, 15) is 0 Å². The molecule has 0 fully saturated rings. The minimum absolute atomic E-state index is 0.823. The van der Waals surface area contributed by atoms with Crippen molar-refractivity contribution in [2.75, 3.05) is 13.2 Å². The molecule has 0 rings (SSSR count). The van der Waals surface area contributed by atoms with Crippen molar-refractivity contribution in [1.29, 1.82) is 0 Å². The molecule has 0 bridgehead atoms. The van der Waals surface area contributed by atoms with E-state index in [1.165, 1.54) is 218 Å². The average molecular weight is 625 g/mol. The van der Waals surface area contributed by atoms with Crippen molar-refractivity contribution in [2.24, 2.45) is 0 Å². The standard InChI is InChI=1S/C40H84O2Si/c1-5-9-11-13-15-17-19-21-23-24-26-28-30-32-34-36-38-40-43(41-7-3,42-8-4)39-37-35-33-31-29-27-25-22-20-18-16-14-12-10-6-2/h5-40H2,1-4H3. The molecule has 0 aliphatic heterocycles. The minimum atomic E-state index is -2.01. The monoisotopic (exact) mass is 625 g/mol. The molecule has 0 spiro atoms. The van der Waals surface area contributed by atoms with Gasteiger partial charge in [-0.2, -0.15) is 0 Å². The first-order chi connectivity index (χ1) is 21.2. The van der Waals surface area contributed by atoms with Gasteiger partial charge in [-0.15, -0.1) is 0 Å². The molecule has 0 aliphatic carbocycles. The number of hydrogen-bond acceptors (Lipinski definition) is 2. The van der Waals surface area contributed by atoms with E-state index in [1.54, 1.807) is 0 Å². The number of unbranched alkanes of at least 4 members (excludes halogenated alkanes) is 30. The highest BCUT2D eigenvalue weighted by Gasteiger charge is 2.35. The Morgan fingerprint density at radius 3 is 0.628 bits per heavy atom. The maximum atomic E-state index is 6.43. The molecule has 0 atom stereocenters. The molecule has 0 radical (unpaired) electrons. The zero-order chi connectivity index (χ0) is 31.4. The highest BCUT2D eigenvalue weighted by molar-refractivity contribution is 6.67. The zero-order valence-corrected chi connectivity index (χ0v) is 31.8. The van der Waals surface area contributed by atoms with Gasteiger partial charge in [0.1, 0.15) is 0 Å². The van der Waals surface area contributed by atoms with Crippen LogP contribution < -0.4 is 0 Å². The fraction of sp³-hybridized carbons (Fsp3) is 1.00. The SMILES string of the molecule is CCCCCCCCCCCCCCCCCCC[Si](CCCCCCCCCCCCCCCCC)(OCC)OCC.